The van der Waals surface area contributed by atoms with Crippen molar-refractivity contribution in [1.82, 2.24) is 14.4 Å². The van der Waals surface area contributed by atoms with Gasteiger partial charge in [0.1, 0.15) is 5.65 Å². The third-order valence-electron chi connectivity index (χ3n) is 9.79. The van der Waals surface area contributed by atoms with Crippen LogP contribution in [0.1, 0.15) is 30.5 Å². The van der Waals surface area contributed by atoms with E-state index in [1.165, 1.54) is 64.4 Å². The van der Waals surface area contributed by atoms with Gasteiger partial charge >= 0.3 is 0 Å². The maximum absolute atomic E-state index is 5.24. The van der Waals surface area contributed by atoms with Gasteiger partial charge in [0.25, 0.3) is 0 Å². The molecule has 0 saturated heterocycles. The molecule has 1 atom stereocenters. The first-order chi connectivity index (χ1) is 22.8. The van der Waals surface area contributed by atoms with E-state index in [4.69, 9.17) is 9.97 Å². The molecule has 10 rings (SSSR count). The second-order valence-electron chi connectivity index (χ2n) is 12.5. The highest BCUT2D eigenvalue weighted by atomic mass is 31.1. The number of fused-ring (bicyclic) bond motifs is 12. The topological polar surface area (TPSA) is 30.2 Å². The summed E-state index contributed by atoms with van der Waals surface area (Å²) < 4.78 is 2.40. The Kier molecular flexibility index (Phi) is 5.80. The molecule has 0 aliphatic heterocycles. The maximum Gasteiger partial charge on any atom is 0.146 e. The monoisotopic (exact) mass is 607 g/mol. The number of hydrogen-bond acceptors (Lipinski definition) is 2. The normalized spacial score (nSPS) is 14.8. The fourth-order valence-electron chi connectivity index (χ4n) is 7.65. The van der Waals surface area contributed by atoms with Gasteiger partial charge in [-0.25, -0.2) is 4.98 Å². The standard InChI is InChI=1S/C42H30N3P/c1-2-12-31(13-3-1)46(33-22-29-11-5-7-15-37(29)43-26-33)32-20-18-28-25-40-36(24-30(28)23-32)35-21-19-27-10-4-6-14-34(27)41(35)42-44-38-16-8-9-17-39(38)45(40)42/h1-3,7-10,12-26H,4-6,11H2. The third kappa shape index (κ3) is 3.95. The first-order valence-corrected chi connectivity index (χ1v) is 17.5. The number of imidazole rings is 1. The summed E-state index contributed by atoms with van der Waals surface area (Å²) in [6.07, 6.45) is 15.6. The van der Waals surface area contributed by atoms with Gasteiger partial charge in [0.2, 0.25) is 0 Å². The van der Waals surface area contributed by atoms with Crippen molar-refractivity contribution in [2.45, 2.75) is 25.7 Å². The summed E-state index contributed by atoms with van der Waals surface area (Å²) in [5, 5.41) is 12.9. The van der Waals surface area contributed by atoms with E-state index in [-0.39, 0.29) is 0 Å². The minimum atomic E-state index is -0.774. The Morgan fingerprint density at radius 2 is 1.54 bits per heavy atom. The molecule has 2 aliphatic rings. The number of hydrogen-bond donors (Lipinski definition) is 0. The zero-order valence-corrected chi connectivity index (χ0v) is 26.2. The average molecular weight is 608 g/mol. The van der Waals surface area contributed by atoms with Crippen LogP contribution in [0.4, 0.5) is 0 Å². The Hall–Kier alpha value is -5.11. The van der Waals surface area contributed by atoms with Gasteiger partial charge in [-0.15, -0.1) is 0 Å². The van der Waals surface area contributed by atoms with Crippen LogP contribution < -0.4 is 26.4 Å². The van der Waals surface area contributed by atoms with Crippen molar-refractivity contribution in [2.75, 3.05) is 0 Å². The number of allylic oxidation sites excluding steroid dienone is 1. The van der Waals surface area contributed by atoms with Crippen LogP contribution in [0.3, 0.4) is 0 Å². The van der Waals surface area contributed by atoms with Crippen LogP contribution in [0.25, 0.3) is 67.4 Å². The third-order valence-corrected chi connectivity index (χ3v) is 12.2. The van der Waals surface area contributed by atoms with Crippen molar-refractivity contribution in [2.24, 2.45) is 0 Å². The second kappa shape index (κ2) is 10.2. The molecule has 0 spiro atoms. The van der Waals surface area contributed by atoms with Crippen molar-refractivity contribution in [1.29, 1.82) is 0 Å². The summed E-state index contributed by atoms with van der Waals surface area (Å²) in [5.74, 6) is 0. The Morgan fingerprint density at radius 3 is 2.50 bits per heavy atom. The van der Waals surface area contributed by atoms with Gasteiger partial charge in [0.15, 0.2) is 0 Å². The summed E-state index contributed by atoms with van der Waals surface area (Å²) in [7, 11) is -0.774. The Labute approximate surface area is 267 Å². The van der Waals surface area contributed by atoms with Crippen LogP contribution >= 0.6 is 7.92 Å². The van der Waals surface area contributed by atoms with Crippen molar-refractivity contribution in [3.8, 4) is 0 Å². The molecule has 2 aliphatic carbocycles. The van der Waals surface area contributed by atoms with Crippen molar-refractivity contribution < 1.29 is 0 Å². The molecule has 0 fully saturated rings. The summed E-state index contributed by atoms with van der Waals surface area (Å²) in [6.45, 7) is 0. The number of pyridine rings is 2. The number of rotatable bonds is 3. The van der Waals surface area contributed by atoms with Gasteiger partial charge in [-0.3, -0.25) is 9.38 Å². The molecule has 1 unspecified atom stereocenters. The SMILES string of the molecule is C1=Cc2ncc(P(c3ccccc3)c3ccc4cc5c(cc4c3)c3ccc4c(c3c3nc6ccccc6n53)=CCCC=4)cc2CC1. The summed E-state index contributed by atoms with van der Waals surface area (Å²) in [4.78, 5) is 10.2. The zero-order chi connectivity index (χ0) is 30.2. The average Bonchev–Trinajstić information content (AvgIpc) is 3.51. The van der Waals surface area contributed by atoms with Gasteiger partial charge in [0.05, 0.1) is 22.2 Å². The van der Waals surface area contributed by atoms with E-state index in [0.717, 1.165) is 48.1 Å². The smallest absolute Gasteiger partial charge is 0.146 e. The quantitative estimate of drug-likeness (QED) is 0.119. The molecule has 3 aromatic heterocycles. The maximum atomic E-state index is 5.24. The number of nitrogens with zero attached hydrogens (tertiary/aromatic N) is 3. The molecule has 0 bridgehead atoms. The van der Waals surface area contributed by atoms with E-state index in [1.807, 2.05) is 0 Å². The fourth-order valence-corrected chi connectivity index (χ4v) is 9.97. The number of benzene rings is 5. The summed E-state index contributed by atoms with van der Waals surface area (Å²) >= 11 is 0. The van der Waals surface area contributed by atoms with E-state index in [2.05, 4.69) is 138 Å². The second-order valence-corrected chi connectivity index (χ2v) is 14.7. The van der Waals surface area contributed by atoms with Gasteiger partial charge in [-0.2, -0.15) is 0 Å². The number of aromatic nitrogens is 3. The molecular weight excluding hydrogens is 577 g/mol. The van der Waals surface area contributed by atoms with Crippen molar-refractivity contribution in [3.05, 3.63) is 137 Å². The first-order valence-electron chi connectivity index (χ1n) is 16.2. The van der Waals surface area contributed by atoms with Crippen LogP contribution in [-0.4, -0.2) is 14.4 Å². The molecule has 46 heavy (non-hydrogen) atoms. The van der Waals surface area contributed by atoms with E-state index in [0.29, 0.717) is 0 Å². The van der Waals surface area contributed by atoms with E-state index in [1.54, 1.807) is 0 Å². The Balaban J connectivity index is 1.27. The van der Waals surface area contributed by atoms with Gasteiger partial charge in [0, 0.05) is 22.3 Å². The summed E-state index contributed by atoms with van der Waals surface area (Å²) in [5.41, 5.74) is 6.91. The minimum absolute atomic E-state index is 0.774. The lowest BCUT2D eigenvalue weighted by Crippen LogP contribution is -2.27. The van der Waals surface area contributed by atoms with Crippen molar-refractivity contribution in [3.63, 3.8) is 0 Å². The lowest BCUT2D eigenvalue weighted by Gasteiger charge is -2.21. The highest BCUT2D eigenvalue weighted by Gasteiger charge is 2.21. The van der Waals surface area contributed by atoms with E-state index >= 15 is 0 Å². The Bertz CT molecular complexity index is 2700. The van der Waals surface area contributed by atoms with Gasteiger partial charge in [-0.05, 0) is 119 Å². The predicted molar refractivity (Wildman–Crippen MR) is 196 cm³/mol. The Morgan fingerprint density at radius 1 is 0.652 bits per heavy atom. The number of aryl methyl sites for hydroxylation is 1. The molecule has 5 aromatic carbocycles. The molecule has 0 radical (unpaired) electrons. The molecule has 0 amide bonds. The minimum Gasteiger partial charge on any atom is -0.292 e. The van der Waals surface area contributed by atoms with Gasteiger partial charge in [-0.1, -0.05) is 85.0 Å². The predicted octanol–water partition coefficient (Wildman–Crippen LogP) is 7.41. The van der Waals surface area contributed by atoms with Crippen LogP contribution in [-0.2, 0) is 6.42 Å². The molecule has 8 aromatic rings. The lowest BCUT2D eigenvalue weighted by molar-refractivity contribution is 0.967. The molecule has 3 heterocycles. The number of para-hydroxylation sites is 2. The molecule has 4 heteroatoms. The van der Waals surface area contributed by atoms with Crippen LogP contribution in [0, 0.1) is 0 Å². The van der Waals surface area contributed by atoms with Crippen LogP contribution in [0.5, 0.6) is 0 Å². The molecular formula is C42H30N3P. The molecule has 0 saturated carbocycles. The van der Waals surface area contributed by atoms with Crippen molar-refractivity contribution >= 4 is 91.2 Å². The lowest BCUT2D eigenvalue weighted by atomic mass is 9.97. The molecule has 218 valence electrons. The largest absolute Gasteiger partial charge is 0.292 e. The fraction of sp³-hybridized carbons (Fsp3) is 0.0952. The van der Waals surface area contributed by atoms with E-state index < -0.39 is 7.92 Å². The summed E-state index contributed by atoms with van der Waals surface area (Å²) in [6, 6.07) is 38.5. The van der Waals surface area contributed by atoms with Crippen LogP contribution in [0.2, 0.25) is 0 Å². The van der Waals surface area contributed by atoms with Crippen LogP contribution in [0.15, 0.2) is 115 Å². The highest BCUT2D eigenvalue weighted by Crippen LogP contribution is 2.37. The van der Waals surface area contributed by atoms with E-state index in [9.17, 15) is 0 Å². The highest BCUT2D eigenvalue weighted by molar-refractivity contribution is 7.79. The molecule has 3 nitrogen and oxygen atoms in total. The van der Waals surface area contributed by atoms with Gasteiger partial charge < -0.3 is 0 Å². The molecule has 0 N–H and O–H groups in total. The first kappa shape index (κ1) is 26.1. The zero-order valence-electron chi connectivity index (χ0n) is 25.3.